The lowest BCUT2D eigenvalue weighted by Crippen LogP contribution is -2.54. The molecule has 20 heavy (non-hydrogen) atoms. The van der Waals surface area contributed by atoms with Crippen molar-refractivity contribution in [3.63, 3.8) is 0 Å². The Morgan fingerprint density at radius 3 is 2.95 bits per heavy atom. The molecule has 1 aromatic rings. The maximum atomic E-state index is 13.0. The van der Waals surface area contributed by atoms with E-state index in [1.165, 1.54) is 31.5 Å². The summed E-state index contributed by atoms with van der Waals surface area (Å²) in [6.45, 7) is 3.07. The summed E-state index contributed by atoms with van der Waals surface area (Å²) in [5.41, 5.74) is 1.15. The molecule has 3 rings (SSSR count). The molecule has 110 valence electrons. The van der Waals surface area contributed by atoms with Crippen molar-refractivity contribution < 1.29 is 9.13 Å². The fourth-order valence-electron chi connectivity index (χ4n) is 3.38. The van der Waals surface area contributed by atoms with Crippen LogP contribution in [0.4, 0.5) is 4.39 Å². The van der Waals surface area contributed by atoms with E-state index in [2.05, 4.69) is 10.2 Å². The maximum absolute atomic E-state index is 13.0. The van der Waals surface area contributed by atoms with Crippen LogP contribution >= 0.6 is 0 Å². The van der Waals surface area contributed by atoms with E-state index in [9.17, 15) is 4.39 Å². The van der Waals surface area contributed by atoms with Gasteiger partial charge in [0.25, 0.3) is 0 Å². The van der Waals surface area contributed by atoms with Crippen LogP contribution in [-0.2, 0) is 11.2 Å². The van der Waals surface area contributed by atoms with E-state index in [1.54, 1.807) is 0 Å². The number of ether oxygens (including phenoxy) is 1. The third-order valence-electron chi connectivity index (χ3n) is 4.60. The second-order valence-corrected chi connectivity index (χ2v) is 5.89. The molecule has 0 radical (unpaired) electrons. The molecule has 0 saturated carbocycles. The molecule has 0 amide bonds. The highest BCUT2D eigenvalue weighted by Crippen LogP contribution is 2.24. The first-order valence-electron chi connectivity index (χ1n) is 7.53. The Hall–Kier alpha value is -0.970. The Morgan fingerprint density at radius 2 is 2.20 bits per heavy atom. The van der Waals surface area contributed by atoms with Gasteiger partial charge >= 0.3 is 0 Å². The maximum Gasteiger partial charge on any atom is 0.123 e. The van der Waals surface area contributed by atoms with Crippen molar-refractivity contribution in [3.8, 4) is 0 Å². The van der Waals surface area contributed by atoms with E-state index in [4.69, 9.17) is 4.74 Å². The molecule has 1 N–H and O–H groups in total. The van der Waals surface area contributed by atoms with Crippen molar-refractivity contribution in [1.82, 2.24) is 10.2 Å². The lowest BCUT2D eigenvalue weighted by molar-refractivity contribution is -0.0634. The molecule has 0 spiro atoms. The van der Waals surface area contributed by atoms with E-state index < -0.39 is 0 Å². The summed E-state index contributed by atoms with van der Waals surface area (Å²) in [4.78, 5) is 2.56. The van der Waals surface area contributed by atoms with Crippen molar-refractivity contribution in [1.29, 1.82) is 0 Å². The van der Waals surface area contributed by atoms with Crippen LogP contribution in [0.2, 0.25) is 0 Å². The zero-order valence-electron chi connectivity index (χ0n) is 12.0. The summed E-state index contributed by atoms with van der Waals surface area (Å²) in [7, 11) is 1.98. The van der Waals surface area contributed by atoms with Gasteiger partial charge in [0, 0.05) is 18.6 Å². The first kappa shape index (κ1) is 14.0. The van der Waals surface area contributed by atoms with Crippen LogP contribution in [0.15, 0.2) is 24.3 Å². The van der Waals surface area contributed by atoms with Gasteiger partial charge in [0.15, 0.2) is 0 Å². The monoisotopic (exact) mass is 278 g/mol. The van der Waals surface area contributed by atoms with Crippen molar-refractivity contribution in [2.24, 2.45) is 0 Å². The summed E-state index contributed by atoms with van der Waals surface area (Å²) < 4.78 is 19.0. The minimum Gasteiger partial charge on any atom is -0.374 e. The first-order chi connectivity index (χ1) is 9.76. The summed E-state index contributed by atoms with van der Waals surface area (Å²) in [5.74, 6) is -0.177. The van der Waals surface area contributed by atoms with E-state index in [0.717, 1.165) is 25.1 Å². The highest BCUT2D eigenvalue weighted by atomic mass is 19.1. The third-order valence-corrected chi connectivity index (χ3v) is 4.60. The number of fused-ring (bicyclic) bond motifs is 1. The number of nitrogens with zero attached hydrogens (tertiary/aromatic N) is 1. The van der Waals surface area contributed by atoms with E-state index in [-0.39, 0.29) is 18.0 Å². The van der Waals surface area contributed by atoms with Crippen LogP contribution < -0.4 is 5.32 Å². The largest absolute Gasteiger partial charge is 0.374 e. The quantitative estimate of drug-likeness (QED) is 0.909. The number of morpholine rings is 1. The van der Waals surface area contributed by atoms with Crippen LogP contribution in [0.25, 0.3) is 0 Å². The third kappa shape index (κ3) is 3.03. The number of hydrogen-bond donors (Lipinski definition) is 1. The summed E-state index contributed by atoms with van der Waals surface area (Å²) in [5, 5.41) is 3.37. The van der Waals surface area contributed by atoms with Crippen LogP contribution in [0.3, 0.4) is 0 Å². The molecular formula is C16H23FN2O. The van der Waals surface area contributed by atoms with Crippen LogP contribution in [0, 0.1) is 5.82 Å². The Labute approximate surface area is 120 Å². The molecule has 1 aromatic carbocycles. The molecule has 2 fully saturated rings. The molecule has 3 unspecified atom stereocenters. The molecular weight excluding hydrogens is 255 g/mol. The first-order valence-corrected chi connectivity index (χ1v) is 7.53. The van der Waals surface area contributed by atoms with Gasteiger partial charge < -0.3 is 10.1 Å². The van der Waals surface area contributed by atoms with Gasteiger partial charge in [-0.2, -0.15) is 0 Å². The standard InChI is InChI=1S/C16H23FN2O/c1-18-15(9-12-4-6-13(17)7-5-12)16-10-19-8-2-3-14(19)11-20-16/h4-7,14-16,18H,2-3,8-11H2,1H3. The average Bonchev–Trinajstić information content (AvgIpc) is 2.94. The zero-order valence-corrected chi connectivity index (χ0v) is 12.0. The van der Waals surface area contributed by atoms with Gasteiger partial charge in [-0.1, -0.05) is 12.1 Å². The molecule has 2 aliphatic heterocycles. The highest BCUT2D eigenvalue weighted by Gasteiger charge is 2.35. The smallest absolute Gasteiger partial charge is 0.123 e. The molecule has 2 aliphatic rings. The zero-order chi connectivity index (χ0) is 13.9. The number of benzene rings is 1. The summed E-state index contributed by atoms with van der Waals surface area (Å²) >= 11 is 0. The van der Waals surface area contributed by atoms with Crippen LogP contribution in [-0.4, -0.2) is 49.8 Å². The number of hydrogen-bond acceptors (Lipinski definition) is 3. The number of rotatable bonds is 4. The number of likely N-dealkylation sites (N-methyl/N-ethyl adjacent to an activating group) is 1. The van der Waals surface area contributed by atoms with Gasteiger partial charge in [-0.25, -0.2) is 4.39 Å². The number of nitrogens with one attached hydrogen (secondary N) is 1. The Balaban J connectivity index is 1.62. The van der Waals surface area contributed by atoms with E-state index in [0.29, 0.717) is 6.04 Å². The van der Waals surface area contributed by atoms with Gasteiger partial charge in [0.05, 0.1) is 12.7 Å². The molecule has 0 aliphatic carbocycles. The predicted molar refractivity (Wildman–Crippen MR) is 77.3 cm³/mol. The Morgan fingerprint density at radius 1 is 1.40 bits per heavy atom. The fourth-order valence-corrected chi connectivity index (χ4v) is 3.38. The van der Waals surface area contributed by atoms with Crippen LogP contribution in [0.5, 0.6) is 0 Å². The van der Waals surface area contributed by atoms with Gasteiger partial charge in [0.1, 0.15) is 5.82 Å². The molecule has 3 nitrogen and oxygen atoms in total. The minimum atomic E-state index is -0.177. The lowest BCUT2D eigenvalue weighted by Gasteiger charge is -2.38. The van der Waals surface area contributed by atoms with Gasteiger partial charge in [-0.3, -0.25) is 4.90 Å². The molecule has 2 saturated heterocycles. The molecule has 4 heteroatoms. The Bertz CT molecular complexity index is 437. The molecule has 0 aromatic heterocycles. The predicted octanol–water partition coefficient (Wildman–Crippen LogP) is 1.82. The van der Waals surface area contributed by atoms with Gasteiger partial charge in [0.2, 0.25) is 0 Å². The second kappa shape index (κ2) is 6.20. The fraction of sp³-hybridized carbons (Fsp3) is 0.625. The van der Waals surface area contributed by atoms with Crippen molar-refractivity contribution in [2.75, 3.05) is 26.7 Å². The second-order valence-electron chi connectivity index (χ2n) is 5.89. The lowest BCUT2D eigenvalue weighted by atomic mass is 9.99. The van der Waals surface area contributed by atoms with Gasteiger partial charge in [-0.15, -0.1) is 0 Å². The van der Waals surface area contributed by atoms with E-state index >= 15 is 0 Å². The Kier molecular flexibility index (Phi) is 4.34. The topological polar surface area (TPSA) is 24.5 Å². The van der Waals surface area contributed by atoms with E-state index in [1.807, 2.05) is 19.2 Å². The summed E-state index contributed by atoms with van der Waals surface area (Å²) in [6.07, 6.45) is 3.66. The van der Waals surface area contributed by atoms with Crippen LogP contribution in [0.1, 0.15) is 18.4 Å². The highest BCUT2D eigenvalue weighted by molar-refractivity contribution is 5.17. The normalized spacial score (nSPS) is 28.3. The molecule has 3 atom stereocenters. The average molecular weight is 278 g/mol. The number of halogens is 1. The van der Waals surface area contributed by atoms with Gasteiger partial charge in [-0.05, 0) is 50.6 Å². The molecule has 2 heterocycles. The summed E-state index contributed by atoms with van der Waals surface area (Å²) in [6, 6.07) is 7.69. The van der Waals surface area contributed by atoms with Crippen molar-refractivity contribution in [3.05, 3.63) is 35.6 Å². The molecule has 0 bridgehead atoms. The van der Waals surface area contributed by atoms with Crippen molar-refractivity contribution in [2.45, 2.75) is 37.5 Å². The SMILES string of the molecule is CNC(Cc1ccc(F)cc1)C1CN2CCCC2CO1. The minimum absolute atomic E-state index is 0.177. The van der Waals surface area contributed by atoms with Crippen molar-refractivity contribution >= 4 is 0 Å².